The number of ether oxygens (including phenoxy) is 2. The Morgan fingerprint density at radius 1 is 1.35 bits per heavy atom. The summed E-state index contributed by atoms with van der Waals surface area (Å²) in [5, 5.41) is 20.0. The second-order valence-electron chi connectivity index (χ2n) is 6.84. The van der Waals surface area contributed by atoms with Crippen LogP contribution in [0.15, 0.2) is 22.9 Å². The maximum atomic E-state index is 11.5. The van der Waals surface area contributed by atoms with Gasteiger partial charge in [0.25, 0.3) is 0 Å². The predicted octanol–water partition coefficient (Wildman–Crippen LogP) is 2.93. The number of carbonyl (C=O) groups excluding carboxylic acids is 1. The minimum atomic E-state index is -1.57. The molecule has 148 valence electrons. The molecule has 0 bridgehead atoms. The van der Waals surface area contributed by atoms with Crippen LogP contribution in [0.4, 0.5) is 0 Å². The van der Waals surface area contributed by atoms with E-state index in [1.54, 1.807) is 20.8 Å². The lowest BCUT2D eigenvalue weighted by molar-refractivity contribution is -0.153. The van der Waals surface area contributed by atoms with E-state index < -0.39 is 28.3 Å². The Bertz CT molecular complexity index is 584. The normalized spacial score (nSPS) is 23.2. The highest BCUT2D eigenvalue weighted by Crippen LogP contribution is 2.39. The number of halogens is 2. The van der Waals surface area contributed by atoms with Gasteiger partial charge >= 0.3 is 11.9 Å². The first kappa shape index (κ1) is 22.8. The number of aliphatic hydroxyl groups excluding tert-OH is 1. The van der Waals surface area contributed by atoms with E-state index in [9.17, 15) is 14.7 Å². The van der Waals surface area contributed by atoms with Crippen LogP contribution in [0.5, 0.6) is 0 Å². The van der Waals surface area contributed by atoms with Crippen LogP contribution in [0, 0.1) is 5.92 Å². The zero-order valence-corrected chi connectivity index (χ0v) is 16.6. The Balaban J connectivity index is 2.29. The monoisotopic (exact) mass is 409 g/mol. The minimum Gasteiger partial charge on any atom is -0.510 e. The number of nitrogens with one attached hydrogen (secondary N) is 1. The van der Waals surface area contributed by atoms with E-state index in [2.05, 4.69) is 5.32 Å². The smallest absolute Gasteiger partial charge is 0.320 e. The highest BCUT2D eigenvalue weighted by Gasteiger charge is 2.39. The van der Waals surface area contributed by atoms with Crippen molar-refractivity contribution in [3.05, 3.63) is 22.9 Å². The molecule has 2 unspecified atom stereocenters. The number of hydrogen-bond donors (Lipinski definition) is 3. The zero-order chi connectivity index (χ0) is 20.0. The summed E-state index contributed by atoms with van der Waals surface area (Å²) in [6, 6.07) is 0. The zero-order valence-electron chi connectivity index (χ0n) is 15.1. The number of aliphatic carboxylic acids is 1. The summed E-state index contributed by atoms with van der Waals surface area (Å²) in [6.45, 7) is 6.37. The summed E-state index contributed by atoms with van der Waals surface area (Å²) in [4.78, 5) is 22.5. The van der Waals surface area contributed by atoms with Gasteiger partial charge in [-0.2, -0.15) is 0 Å². The number of unbranched alkanes of at least 4 members (excludes halogenated alkanes) is 1. The SMILES string of the molecule is CC(C)(C)OC(=O)CNCCCCOC1(Cl)C=CC(C(=O)O)C(O)=C1Cl. The molecular formula is C17H25Cl2NO6. The summed E-state index contributed by atoms with van der Waals surface area (Å²) in [5.74, 6) is -3.31. The Morgan fingerprint density at radius 3 is 2.58 bits per heavy atom. The molecule has 2 atom stereocenters. The van der Waals surface area contributed by atoms with Crippen molar-refractivity contribution in [2.45, 2.75) is 44.3 Å². The Hall–Kier alpha value is -1.28. The number of aliphatic hydroxyl groups is 1. The maximum absolute atomic E-state index is 11.5. The largest absolute Gasteiger partial charge is 0.510 e. The number of carboxylic acids is 1. The quantitative estimate of drug-likeness (QED) is 0.232. The molecule has 1 aliphatic rings. The average molecular weight is 410 g/mol. The molecule has 0 aliphatic heterocycles. The van der Waals surface area contributed by atoms with Gasteiger partial charge in [-0.15, -0.1) is 0 Å². The predicted molar refractivity (Wildman–Crippen MR) is 98.3 cm³/mol. The fourth-order valence-electron chi connectivity index (χ4n) is 2.15. The molecule has 0 fully saturated rings. The number of rotatable bonds is 9. The van der Waals surface area contributed by atoms with Gasteiger partial charge in [-0.3, -0.25) is 9.59 Å². The van der Waals surface area contributed by atoms with E-state index in [1.807, 2.05) is 0 Å². The summed E-state index contributed by atoms with van der Waals surface area (Å²) in [6.07, 6.45) is 3.89. The summed E-state index contributed by atoms with van der Waals surface area (Å²) < 4.78 is 10.7. The number of hydrogen-bond acceptors (Lipinski definition) is 6. The van der Waals surface area contributed by atoms with E-state index >= 15 is 0 Å². The molecule has 0 amide bonds. The standard InChI is InChI=1S/C17H25Cl2NO6/c1-16(2,3)26-12(21)10-20-8-4-5-9-25-17(19)7-6-11(15(23)24)13(22)14(17)18/h6-7,11,20,22H,4-5,8-10H2,1-3H3,(H,23,24). The number of carboxylic acid groups (broad SMARTS) is 1. The van der Waals surface area contributed by atoms with E-state index in [1.165, 1.54) is 12.2 Å². The lowest BCUT2D eigenvalue weighted by atomic mass is 9.99. The number of carbonyl (C=O) groups is 2. The van der Waals surface area contributed by atoms with Crippen LogP contribution in [0.3, 0.4) is 0 Å². The van der Waals surface area contributed by atoms with E-state index in [4.69, 9.17) is 37.8 Å². The van der Waals surface area contributed by atoms with Gasteiger partial charge in [0.15, 0.2) is 5.06 Å². The third kappa shape index (κ3) is 7.15. The lowest BCUT2D eigenvalue weighted by Crippen LogP contribution is -2.32. The van der Waals surface area contributed by atoms with Crippen LogP contribution in [0.25, 0.3) is 0 Å². The fourth-order valence-corrected chi connectivity index (χ4v) is 2.63. The molecule has 0 aromatic carbocycles. The second-order valence-corrected chi connectivity index (χ2v) is 7.78. The molecule has 0 aromatic rings. The van der Waals surface area contributed by atoms with Crippen LogP contribution in [-0.4, -0.2) is 52.5 Å². The molecule has 7 nitrogen and oxygen atoms in total. The first-order valence-electron chi connectivity index (χ1n) is 8.23. The Kier molecular flexibility index (Phi) is 8.40. The van der Waals surface area contributed by atoms with E-state index in [0.29, 0.717) is 19.4 Å². The molecule has 1 aliphatic carbocycles. The highest BCUT2D eigenvalue weighted by atomic mass is 35.5. The van der Waals surface area contributed by atoms with Gasteiger partial charge in [-0.1, -0.05) is 29.3 Å². The van der Waals surface area contributed by atoms with E-state index in [0.717, 1.165) is 0 Å². The van der Waals surface area contributed by atoms with Crippen LogP contribution in [0.1, 0.15) is 33.6 Å². The molecule has 26 heavy (non-hydrogen) atoms. The minimum absolute atomic E-state index is 0.124. The third-order valence-electron chi connectivity index (χ3n) is 3.34. The van der Waals surface area contributed by atoms with Crippen LogP contribution in [-0.2, 0) is 19.1 Å². The summed E-state index contributed by atoms with van der Waals surface area (Å²) in [7, 11) is 0. The molecular weight excluding hydrogens is 385 g/mol. The van der Waals surface area contributed by atoms with Gasteiger partial charge in [0.2, 0.25) is 0 Å². The summed E-state index contributed by atoms with van der Waals surface area (Å²) >= 11 is 12.2. The van der Waals surface area contributed by atoms with Crippen molar-refractivity contribution in [1.29, 1.82) is 0 Å². The van der Waals surface area contributed by atoms with Crippen molar-refractivity contribution in [2.75, 3.05) is 19.7 Å². The van der Waals surface area contributed by atoms with E-state index in [-0.39, 0.29) is 24.2 Å². The fraction of sp³-hybridized carbons (Fsp3) is 0.647. The molecule has 3 N–H and O–H groups in total. The van der Waals surface area contributed by atoms with Gasteiger partial charge in [-0.05, 0) is 46.2 Å². The third-order valence-corrected chi connectivity index (χ3v) is 4.33. The maximum Gasteiger partial charge on any atom is 0.320 e. The number of esters is 1. The van der Waals surface area contributed by atoms with Crippen molar-refractivity contribution < 1.29 is 29.3 Å². The van der Waals surface area contributed by atoms with Gasteiger partial charge in [-0.25, -0.2) is 0 Å². The van der Waals surface area contributed by atoms with Gasteiger partial charge < -0.3 is 25.0 Å². The van der Waals surface area contributed by atoms with Crippen molar-refractivity contribution in [1.82, 2.24) is 5.32 Å². The molecule has 0 radical (unpaired) electrons. The Morgan fingerprint density at radius 2 is 2.00 bits per heavy atom. The lowest BCUT2D eigenvalue weighted by Gasteiger charge is -2.28. The van der Waals surface area contributed by atoms with Crippen LogP contribution < -0.4 is 5.32 Å². The topological polar surface area (TPSA) is 105 Å². The highest BCUT2D eigenvalue weighted by molar-refractivity contribution is 6.40. The van der Waals surface area contributed by atoms with Crippen molar-refractivity contribution >= 4 is 35.1 Å². The molecule has 0 spiro atoms. The average Bonchev–Trinajstić information content (AvgIpc) is 2.50. The first-order valence-corrected chi connectivity index (χ1v) is 8.98. The molecule has 0 heterocycles. The molecule has 9 heteroatoms. The van der Waals surface area contributed by atoms with Crippen LogP contribution in [0.2, 0.25) is 0 Å². The van der Waals surface area contributed by atoms with Crippen molar-refractivity contribution in [3.8, 4) is 0 Å². The van der Waals surface area contributed by atoms with Crippen LogP contribution >= 0.6 is 23.2 Å². The van der Waals surface area contributed by atoms with Gasteiger partial charge in [0.05, 0.1) is 6.54 Å². The summed E-state index contributed by atoms with van der Waals surface area (Å²) in [5.41, 5.74) is -0.507. The van der Waals surface area contributed by atoms with Crippen molar-refractivity contribution in [2.24, 2.45) is 5.92 Å². The first-order chi connectivity index (χ1) is 12.0. The second kappa shape index (κ2) is 9.60. The molecule has 0 aromatic heterocycles. The molecule has 1 rings (SSSR count). The van der Waals surface area contributed by atoms with Gasteiger partial charge in [0.1, 0.15) is 22.3 Å². The molecule has 0 saturated heterocycles. The van der Waals surface area contributed by atoms with Gasteiger partial charge in [0, 0.05) is 6.61 Å². The number of alkyl halides is 1. The van der Waals surface area contributed by atoms with Crippen molar-refractivity contribution in [3.63, 3.8) is 0 Å². The Labute approximate surface area is 162 Å². The molecule has 0 saturated carbocycles.